The van der Waals surface area contributed by atoms with Gasteiger partial charge in [0.05, 0.1) is 35.1 Å². The Morgan fingerprint density at radius 1 is 0.884 bits per heavy atom. The average Bonchev–Trinajstić information content (AvgIpc) is 3.51. The molecular formula is C33H25BrN2O7. The number of Topliss-reactive ketones (excluding diaryl/α,β-unsaturated/α-hetero) is 2. The fourth-order valence-electron chi connectivity index (χ4n) is 6.37. The lowest BCUT2D eigenvalue weighted by atomic mass is 9.85. The van der Waals surface area contributed by atoms with Gasteiger partial charge in [0.1, 0.15) is 25.0 Å². The molecule has 4 aliphatic heterocycles. The summed E-state index contributed by atoms with van der Waals surface area (Å²) < 4.78 is 17.2. The molecule has 0 aliphatic carbocycles. The van der Waals surface area contributed by atoms with E-state index in [1.807, 2.05) is 6.07 Å². The van der Waals surface area contributed by atoms with Crippen LogP contribution >= 0.6 is 15.9 Å². The van der Waals surface area contributed by atoms with Gasteiger partial charge in [-0.3, -0.25) is 19.2 Å². The summed E-state index contributed by atoms with van der Waals surface area (Å²) in [5.74, 6) is -1.79. The zero-order valence-corrected chi connectivity index (χ0v) is 24.5. The molecule has 4 atom stereocenters. The summed E-state index contributed by atoms with van der Waals surface area (Å²) in [6.45, 7) is 0.759. The molecule has 43 heavy (non-hydrogen) atoms. The van der Waals surface area contributed by atoms with Crippen LogP contribution in [0.4, 0.5) is 5.69 Å². The second-order valence-electron chi connectivity index (χ2n) is 10.6. The first-order valence-corrected chi connectivity index (χ1v) is 14.6. The molecule has 3 aromatic carbocycles. The largest absolute Gasteiger partial charge is 0.496 e. The van der Waals surface area contributed by atoms with E-state index in [4.69, 9.17) is 14.2 Å². The molecule has 4 aliphatic rings. The number of rotatable bonds is 6. The van der Waals surface area contributed by atoms with Crippen LogP contribution in [-0.4, -0.2) is 60.7 Å². The van der Waals surface area contributed by atoms with Gasteiger partial charge < -0.3 is 19.1 Å². The van der Waals surface area contributed by atoms with Crippen molar-refractivity contribution in [3.63, 3.8) is 0 Å². The van der Waals surface area contributed by atoms with Crippen LogP contribution in [0.2, 0.25) is 0 Å². The normalized spacial score (nSPS) is 23.5. The maximum atomic E-state index is 14.2. The fourth-order valence-corrected chi connectivity index (χ4v) is 6.91. The van der Waals surface area contributed by atoms with E-state index < -0.39 is 35.7 Å². The number of benzene rings is 3. The number of amides is 2. The lowest BCUT2D eigenvalue weighted by Crippen LogP contribution is -2.46. The predicted molar refractivity (Wildman–Crippen MR) is 159 cm³/mol. The number of halogens is 1. The summed E-state index contributed by atoms with van der Waals surface area (Å²) in [5.41, 5.74) is 1.60. The highest BCUT2D eigenvalue weighted by Gasteiger charge is 2.63. The lowest BCUT2D eigenvalue weighted by molar-refractivity contribution is -0.123. The molecule has 0 spiro atoms. The molecule has 0 bridgehead atoms. The van der Waals surface area contributed by atoms with Crippen molar-refractivity contribution in [1.29, 1.82) is 0 Å². The summed E-state index contributed by atoms with van der Waals surface area (Å²) in [6, 6.07) is 17.1. The van der Waals surface area contributed by atoms with E-state index >= 15 is 0 Å². The van der Waals surface area contributed by atoms with E-state index in [2.05, 4.69) is 15.9 Å². The van der Waals surface area contributed by atoms with Crippen LogP contribution in [0.15, 0.2) is 95.1 Å². The van der Waals surface area contributed by atoms with Gasteiger partial charge in [0, 0.05) is 29.0 Å². The summed E-state index contributed by atoms with van der Waals surface area (Å²) >= 11 is 3.44. The molecule has 2 amide bonds. The molecule has 0 aromatic heterocycles. The van der Waals surface area contributed by atoms with Crippen LogP contribution in [0.5, 0.6) is 17.2 Å². The first-order chi connectivity index (χ1) is 20.9. The lowest BCUT2D eigenvalue weighted by Gasteiger charge is -2.33. The minimum atomic E-state index is -0.980. The van der Waals surface area contributed by atoms with Gasteiger partial charge in [-0.1, -0.05) is 36.4 Å². The molecule has 7 rings (SSSR count). The van der Waals surface area contributed by atoms with E-state index in [1.165, 1.54) is 7.11 Å². The highest BCUT2D eigenvalue weighted by atomic mass is 79.9. The Labute approximate surface area is 255 Å². The Balaban J connectivity index is 1.30. The highest BCUT2D eigenvalue weighted by Crippen LogP contribution is 2.48. The van der Waals surface area contributed by atoms with Crippen molar-refractivity contribution in [2.24, 2.45) is 11.8 Å². The number of carbonyl (C=O) groups is 4. The Morgan fingerprint density at radius 2 is 1.63 bits per heavy atom. The standard InChI is InChI=1S/C33H25BrN2O7/c1-41-24-9-7-19(15-22(24)34)31(38)29-28-27(23-16-20(11-12-35(23)29)30(37)18-5-3-2-4-6-18)32(39)36(33(28)40)21-8-10-25-26(17-21)43-14-13-42-25/h2-12,15-17,23,27-29H,13-14H2,1H3/t23-,27-,28-,29-/m1/s1. The van der Waals surface area contributed by atoms with Crippen LogP contribution in [0.1, 0.15) is 20.7 Å². The van der Waals surface area contributed by atoms with Crippen molar-refractivity contribution in [2.45, 2.75) is 12.1 Å². The SMILES string of the molecule is COc1ccc(C(=O)[C@H]2[C@@H]3C(=O)N(c4ccc5c(c4)OCCO5)C(=O)[C@@H]3[C@H]3C=C(C(=O)c4ccccc4)C=CN32)cc1Br. The smallest absolute Gasteiger partial charge is 0.240 e. The van der Waals surface area contributed by atoms with Crippen LogP contribution in [0.3, 0.4) is 0 Å². The van der Waals surface area contributed by atoms with Crippen LogP contribution in [0, 0.1) is 11.8 Å². The molecule has 10 heteroatoms. The van der Waals surface area contributed by atoms with E-state index in [9.17, 15) is 19.2 Å². The number of hydrogen-bond donors (Lipinski definition) is 0. The minimum absolute atomic E-state index is 0.206. The summed E-state index contributed by atoms with van der Waals surface area (Å²) in [4.78, 5) is 58.7. The molecule has 2 saturated heterocycles. The third-order valence-electron chi connectivity index (χ3n) is 8.34. The van der Waals surface area contributed by atoms with Crippen molar-refractivity contribution in [1.82, 2.24) is 4.90 Å². The topological polar surface area (TPSA) is 102 Å². The second-order valence-corrected chi connectivity index (χ2v) is 11.5. The molecule has 2 fully saturated rings. The maximum absolute atomic E-state index is 14.2. The van der Waals surface area contributed by atoms with E-state index in [0.29, 0.717) is 57.3 Å². The third kappa shape index (κ3) is 4.36. The molecule has 4 heterocycles. The number of ether oxygens (including phenoxy) is 3. The highest BCUT2D eigenvalue weighted by molar-refractivity contribution is 9.10. The van der Waals surface area contributed by atoms with E-state index in [1.54, 1.807) is 83.9 Å². The zero-order valence-electron chi connectivity index (χ0n) is 22.9. The first kappa shape index (κ1) is 27.2. The van der Waals surface area contributed by atoms with E-state index in [-0.39, 0.29) is 11.6 Å². The first-order valence-electron chi connectivity index (χ1n) is 13.8. The van der Waals surface area contributed by atoms with Crippen molar-refractivity contribution < 1.29 is 33.4 Å². The van der Waals surface area contributed by atoms with E-state index in [0.717, 1.165) is 4.90 Å². The average molecular weight is 641 g/mol. The van der Waals surface area contributed by atoms with Gasteiger partial charge in [-0.05, 0) is 52.3 Å². The number of allylic oxidation sites excluding steroid dienone is 2. The van der Waals surface area contributed by atoms with Gasteiger partial charge in [0.15, 0.2) is 23.1 Å². The van der Waals surface area contributed by atoms with Gasteiger partial charge in [0.25, 0.3) is 0 Å². The number of carbonyl (C=O) groups excluding carboxylic acids is 4. The minimum Gasteiger partial charge on any atom is -0.496 e. The number of nitrogens with zero attached hydrogens (tertiary/aromatic N) is 2. The fraction of sp³-hybridized carbons (Fsp3) is 0.212. The summed E-state index contributed by atoms with van der Waals surface area (Å²) in [6.07, 6.45) is 5.02. The second kappa shape index (κ2) is 10.5. The number of methoxy groups -OCH3 is 1. The Morgan fingerprint density at radius 3 is 2.37 bits per heavy atom. The molecule has 0 radical (unpaired) electrons. The Hall–Kier alpha value is -4.70. The quantitative estimate of drug-likeness (QED) is 0.284. The van der Waals surface area contributed by atoms with Gasteiger partial charge in [-0.25, -0.2) is 4.90 Å². The van der Waals surface area contributed by atoms with Crippen molar-refractivity contribution >= 4 is 45.0 Å². The van der Waals surface area contributed by atoms with Crippen molar-refractivity contribution in [2.75, 3.05) is 25.2 Å². The monoisotopic (exact) mass is 640 g/mol. The zero-order chi connectivity index (χ0) is 29.8. The number of fused-ring (bicyclic) bond motifs is 4. The van der Waals surface area contributed by atoms with Crippen LogP contribution < -0.4 is 19.1 Å². The maximum Gasteiger partial charge on any atom is 0.240 e. The van der Waals surface area contributed by atoms with Gasteiger partial charge in [-0.2, -0.15) is 0 Å². The summed E-state index contributed by atoms with van der Waals surface area (Å²) in [5, 5.41) is 0. The molecule has 3 aromatic rings. The molecule has 9 nitrogen and oxygen atoms in total. The molecule has 0 saturated carbocycles. The van der Waals surface area contributed by atoms with Crippen LogP contribution in [0.25, 0.3) is 0 Å². The van der Waals surface area contributed by atoms with Crippen molar-refractivity contribution in [3.8, 4) is 17.2 Å². The third-order valence-corrected chi connectivity index (χ3v) is 8.95. The number of imide groups is 1. The Kier molecular flexibility index (Phi) is 6.65. The number of hydrogen-bond acceptors (Lipinski definition) is 8. The Bertz CT molecular complexity index is 1750. The van der Waals surface area contributed by atoms with Crippen LogP contribution in [-0.2, 0) is 9.59 Å². The predicted octanol–water partition coefficient (Wildman–Crippen LogP) is 4.61. The summed E-state index contributed by atoms with van der Waals surface area (Å²) in [7, 11) is 1.53. The molecule has 0 unspecified atom stereocenters. The van der Waals surface area contributed by atoms with Gasteiger partial charge >= 0.3 is 0 Å². The molecular weight excluding hydrogens is 616 g/mol. The molecule has 216 valence electrons. The molecule has 0 N–H and O–H groups in total. The number of anilines is 1. The van der Waals surface area contributed by atoms with Gasteiger partial charge in [-0.15, -0.1) is 0 Å². The number of ketones is 2. The van der Waals surface area contributed by atoms with Gasteiger partial charge in [0.2, 0.25) is 11.8 Å². The van der Waals surface area contributed by atoms with Crippen molar-refractivity contribution in [3.05, 3.63) is 106 Å².